The molecular formula is C11H16N2O3. The molecular weight excluding hydrogens is 208 g/mol. The molecule has 1 N–H and O–H groups in total. The molecule has 0 aliphatic carbocycles. The SMILES string of the molecule is CCCC(C(=O)O)c1cc(OCC)ncn1. The van der Waals surface area contributed by atoms with Crippen LogP contribution in [0.1, 0.15) is 38.3 Å². The van der Waals surface area contributed by atoms with Crippen molar-refractivity contribution in [2.75, 3.05) is 6.61 Å². The van der Waals surface area contributed by atoms with E-state index in [1.165, 1.54) is 6.33 Å². The fraction of sp³-hybridized carbons (Fsp3) is 0.545. The summed E-state index contributed by atoms with van der Waals surface area (Å²) in [6, 6.07) is 1.60. The monoisotopic (exact) mass is 224 g/mol. The van der Waals surface area contributed by atoms with Crippen LogP contribution >= 0.6 is 0 Å². The molecule has 0 saturated heterocycles. The molecule has 1 unspecified atom stereocenters. The van der Waals surface area contributed by atoms with Gasteiger partial charge in [0.1, 0.15) is 6.33 Å². The van der Waals surface area contributed by atoms with Crippen molar-refractivity contribution in [3.05, 3.63) is 18.1 Å². The number of aromatic nitrogens is 2. The Morgan fingerprint density at radius 1 is 1.50 bits per heavy atom. The Morgan fingerprint density at radius 2 is 2.25 bits per heavy atom. The van der Waals surface area contributed by atoms with Gasteiger partial charge in [-0.1, -0.05) is 13.3 Å². The molecule has 88 valence electrons. The summed E-state index contributed by atoms with van der Waals surface area (Å²) >= 11 is 0. The van der Waals surface area contributed by atoms with E-state index in [2.05, 4.69) is 9.97 Å². The third-order valence-electron chi connectivity index (χ3n) is 2.19. The van der Waals surface area contributed by atoms with Gasteiger partial charge < -0.3 is 9.84 Å². The van der Waals surface area contributed by atoms with Gasteiger partial charge in [-0.3, -0.25) is 4.79 Å². The number of aliphatic carboxylic acids is 1. The Kier molecular flexibility index (Phi) is 4.69. The van der Waals surface area contributed by atoms with Crippen molar-refractivity contribution >= 4 is 5.97 Å². The molecule has 5 heteroatoms. The van der Waals surface area contributed by atoms with E-state index in [0.29, 0.717) is 24.6 Å². The molecule has 0 bridgehead atoms. The van der Waals surface area contributed by atoms with Gasteiger partial charge >= 0.3 is 5.97 Å². The van der Waals surface area contributed by atoms with Crippen LogP contribution in [-0.4, -0.2) is 27.7 Å². The van der Waals surface area contributed by atoms with Gasteiger partial charge in [0, 0.05) is 6.07 Å². The molecule has 1 heterocycles. The molecule has 1 aromatic heterocycles. The fourth-order valence-corrected chi connectivity index (χ4v) is 1.46. The lowest BCUT2D eigenvalue weighted by atomic mass is 10.00. The minimum Gasteiger partial charge on any atom is -0.481 e. The maximum absolute atomic E-state index is 11.1. The molecule has 0 radical (unpaired) electrons. The van der Waals surface area contributed by atoms with Crippen molar-refractivity contribution in [3.63, 3.8) is 0 Å². The van der Waals surface area contributed by atoms with E-state index in [1.54, 1.807) is 6.07 Å². The van der Waals surface area contributed by atoms with Crippen molar-refractivity contribution in [1.82, 2.24) is 9.97 Å². The zero-order chi connectivity index (χ0) is 12.0. The van der Waals surface area contributed by atoms with Gasteiger partial charge in [-0.2, -0.15) is 0 Å². The van der Waals surface area contributed by atoms with Crippen LogP contribution in [0.5, 0.6) is 5.88 Å². The summed E-state index contributed by atoms with van der Waals surface area (Å²) in [6.45, 7) is 4.30. The van der Waals surface area contributed by atoms with Gasteiger partial charge in [0.05, 0.1) is 18.2 Å². The summed E-state index contributed by atoms with van der Waals surface area (Å²) < 4.78 is 5.21. The number of rotatable bonds is 6. The molecule has 0 fully saturated rings. The van der Waals surface area contributed by atoms with Crippen molar-refractivity contribution in [2.45, 2.75) is 32.6 Å². The lowest BCUT2D eigenvalue weighted by molar-refractivity contribution is -0.139. The minimum atomic E-state index is -0.858. The van der Waals surface area contributed by atoms with E-state index in [1.807, 2.05) is 13.8 Å². The Morgan fingerprint density at radius 3 is 2.81 bits per heavy atom. The van der Waals surface area contributed by atoms with Crippen molar-refractivity contribution in [1.29, 1.82) is 0 Å². The minimum absolute atomic E-state index is 0.426. The third-order valence-corrected chi connectivity index (χ3v) is 2.19. The molecule has 0 saturated carbocycles. The van der Waals surface area contributed by atoms with E-state index >= 15 is 0 Å². The highest BCUT2D eigenvalue weighted by molar-refractivity contribution is 5.75. The van der Waals surface area contributed by atoms with Crippen molar-refractivity contribution in [3.8, 4) is 5.88 Å². The van der Waals surface area contributed by atoms with Gasteiger partial charge in [-0.05, 0) is 13.3 Å². The molecule has 5 nitrogen and oxygen atoms in total. The average Bonchev–Trinajstić information content (AvgIpc) is 2.26. The van der Waals surface area contributed by atoms with Gasteiger partial charge in [-0.15, -0.1) is 0 Å². The lowest BCUT2D eigenvalue weighted by Crippen LogP contribution is -2.13. The first-order valence-corrected chi connectivity index (χ1v) is 5.36. The van der Waals surface area contributed by atoms with Gasteiger partial charge in [0.25, 0.3) is 0 Å². The van der Waals surface area contributed by atoms with E-state index in [0.717, 1.165) is 6.42 Å². The second kappa shape index (κ2) is 6.05. The van der Waals surface area contributed by atoms with Gasteiger partial charge in [0.15, 0.2) is 0 Å². The zero-order valence-corrected chi connectivity index (χ0v) is 9.51. The smallest absolute Gasteiger partial charge is 0.312 e. The van der Waals surface area contributed by atoms with Crippen LogP contribution in [-0.2, 0) is 4.79 Å². The number of carboxylic acids is 1. The van der Waals surface area contributed by atoms with Crippen LogP contribution in [0.4, 0.5) is 0 Å². The number of hydrogen-bond acceptors (Lipinski definition) is 4. The molecule has 0 aliphatic rings. The Bertz CT molecular complexity index is 355. The van der Waals surface area contributed by atoms with Crippen LogP contribution in [0.25, 0.3) is 0 Å². The summed E-state index contributed by atoms with van der Waals surface area (Å²) in [4.78, 5) is 19.0. The number of carbonyl (C=O) groups is 1. The van der Waals surface area contributed by atoms with Gasteiger partial charge in [-0.25, -0.2) is 9.97 Å². The first-order valence-electron chi connectivity index (χ1n) is 5.36. The molecule has 1 aromatic rings. The van der Waals surface area contributed by atoms with Crippen LogP contribution in [0.15, 0.2) is 12.4 Å². The van der Waals surface area contributed by atoms with E-state index in [-0.39, 0.29) is 0 Å². The molecule has 0 aromatic carbocycles. The first-order chi connectivity index (χ1) is 7.69. The lowest BCUT2D eigenvalue weighted by Gasteiger charge is -2.11. The first kappa shape index (κ1) is 12.4. The second-order valence-electron chi connectivity index (χ2n) is 3.39. The predicted molar refractivity (Wildman–Crippen MR) is 58.5 cm³/mol. The standard InChI is InChI=1S/C11H16N2O3/c1-3-5-8(11(14)15)9-6-10(16-4-2)13-7-12-9/h6-8H,3-5H2,1-2H3,(H,14,15). The number of ether oxygens (including phenoxy) is 1. The normalized spacial score (nSPS) is 12.1. The van der Waals surface area contributed by atoms with Crippen LogP contribution < -0.4 is 4.74 Å². The topological polar surface area (TPSA) is 72.3 Å². The van der Waals surface area contributed by atoms with E-state index in [9.17, 15) is 4.79 Å². The second-order valence-corrected chi connectivity index (χ2v) is 3.39. The predicted octanol–water partition coefficient (Wildman–Crippen LogP) is 1.84. The Labute approximate surface area is 94.5 Å². The summed E-state index contributed by atoms with van der Waals surface area (Å²) in [5.41, 5.74) is 0.507. The number of nitrogens with zero attached hydrogens (tertiary/aromatic N) is 2. The van der Waals surface area contributed by atoms with Crippen molar-refractivity contribution in [2.24, 2.45) is 0 Å². The van der Waals surface area contributed by atoms with Crippen LogP contribution in [0.2, 0.25) is 0 Å². The Balaban J connectivity index is 2.90. The largest absolute Gasteiger partial charge is 0.481 e. The number of carboxylic acid groups (broad SMARTS) is 1. The van der Waals surface area contributed by atoms with Crippen molar-refractivity contribution < 1.29 is 14.6 Å². The molecule has 1 atom stereocenters. The average molecular weight is 224 g/mol. The quantitative estimate of drug-likeness (QED) is 0.798. The van der Waals surface area contributed by atoms with E-state index < -0.39 is 11.9 Å². The van der Waals surface area contributed by atoms with E-state index in [4.69, 9.17) is 9.84 Å². The molecule has 0 spiro atoms. The summed E-state index contributed by atoms with van der Waals surface area (Å²) in [5.74, 6) is -1.01. The van der Waals surface area contributed by atoms with Crippen LogP contribution in [0, 0.1) is 0 Å². The highest BCUT2D eigenvalue weighted by Gasteiger charge is 2.20. The highest BCUT2D eigenvalue weighted by atomic mass is 16.5. The number of hydrogen-bond donors (Lipinski definition) is 1. The summed E-state index contributed by atoms with van der Waals surface area (Å²) in [5, 5.41) is 9.08. The maximum atomic E-state index is 11.1. The maximum Gasteiger partial charge on any atom is 0.312 e. The summed E-state index contributed by atoms with van der Waals surface area (Å²) in [6.07, 6.45) is 2.70. The Hall–Kier alpha value is -1.65. The zero-order valence-electron chi connectivity index (χ0n) is 9.51. The van der Waals surface area contributed by atoms with Gasteiger partial charge in [0.2, 0.25) is 5.88 Å². The highest BCUT2D eigenvalue weighted by Crippen LogP contribution is 2.21. The molecule has 16 heavy (non-hydrogen) atoms. The van der Waals surface area contributed by atoms with Crippen LogP contribution in [0.3, 0.4) is 0 Å². The third kappa shape index (κ3) is 3.18. The molecule has 0 aliphatic heterocycles. The molecule has 0 amide bonds. The molecule has 1 rings (SSSR count). The summed E-state index contributed by atoms with van der Waals surface area (Å²) in [7, 11) is 0. The fourth-order valence-electron chi connectivity index (χ4n) is 1.46.